The first-order valence-corrected chi connectivity index (χ1v) is 9.45. The molecule has 0 spiro atoms. The van der Waals surface area contributed by atoms with Gasteiger partial charge in [-0.3, -0.25) is 14.5 Å². The fraction of sp³-hybridized carbons (Fsp3) is 0.455. The minimum absolute atomic E-state index is 0.0365. The highest BCUT2D eigenvalue weighted by Crippen LogP contribution is 2.25. The van der Waals surface area contributed by atoms with E-state index < -0.39 is 0 Å². The van der Waals surface area contributed by atoms with Crippen LogP contribution in [0.4, 0.5) is 0 Å². The summed E-state index contributed by atoms with van der Waals surface area (Å²) >= 11 is 0. The van der Waals surface area contributed by atoms with Gasteiger partial charge in [0, 0.05) is 23.0 Å². The molecular formula is C22H31N3O2. The molecule has 2 rings (SSSR count). The molecule has 0 saturated heterocycles. The van der Waals surface area contributed by atoms with Gasteiger partial charge in [-0.25, -0.2) is 0 Å². The van der Waals surface area contributed by atoms with Gasteiger partial charge in [-0.2, -0.15) is 0 Å². The van der Waals surface area contributed by atoms with Gasteiger partial charge in [0.05, 0.1) is 19.1 Å². The number of likely N-dealkylation sites (N-methyl/N-ethyl adjacent to an activating group) is 1. The molecule has 1 atom stereocenters. The Kier molecular flexibility index (Phi) is 6.97. The molecule has 146 valence electrons. The first-order chi connectivity index (χ1) is 12.7. The molecule has 1 N–H and O–H groups in total. The van der Waals surface area contributed by atoms with E-state index in [-0.39, 0.29) is 36.9 Å². The van der Waals surface area contributed by atoms with Gasteiger partial charge in [0.15, 0.2) is 5.78 Å². The molecule has 0 aliphatic rings. The molecule has 1 heterocycles. The Morgan fingerprint density at radius 3 is 2.30 bits per heavy atom. The van der Waals surface area contributed by atoms with Gasteiger partial charge in [-0.05, 0) is 53.3 Å². The van der Waals surface area contributed by atoms with Crippen molar-refractivity contribution in [3.8, 4) is 0 Å². The lowest BCUT2D eigenvalue weighted by molar-refractivity contribution is -0.122. The maximum Gasteiger partial charge on any atom is 0.234 e. The van der Waals surface area contributed by atoms with E-state index in [1.165, 1.54) is 5.56 Å². The Balaban J connectivity index is 2.13. The summed E-state index contributed by atoms with van der Waals surface area (Å²) in [7, 11) is 1.80. The molecule has 27 heavy (non-hydrogen) atoms. The monoisotopic (exact) mass is 369 g/mol. The second-order valence-electron chi connectivity index (χ2n) is 7.56. The molecule has 0 fully saturated rings. The van der Waals surface area contributed by atoms with Gasteiger partial charge in [0.2, 0.25) is 5.91 Å². The number of Topliss-reactive ketones (excluding diaryl/α,β-unsaturated/α-hetero) is 1. The molecule has 1 aromatic heterocycles. The van der Waals surface area contributed by atoms with E-state index in [0.717, 1.165) is 17.0 Å². The normalized spacial score (nSPS) is 12.4. The number of nitrogens with one attached hydrogen (secondary N) is 1. The highest BCUT2D eigenvalue weighted by molar-refractivity contribution is 5.99. The summed E-state index contributed by atoms with van der Waals surface area (Å²) in [4.78, 5) is 26.5. The van der Waals surface area contributed by atoms with Crippen LogP contribution < -0.4 is 5.32 Å². The average molecular weight is 370 g/mol. The number of rotatable bonds is 8. The highest BCUT2D eigenvalue weighted by Gasteiger charge is 2.21. The fourth-order valence-electron chi connectivity index (χ4n) is 3.53. The zero-order chi connectivity index (χ0) is 20.1. The van der Waals surface area contributed by atoms with Crippen LogP contribution in [0.2, 0.25) is 0 Å². The number of aromatic nitrogens is 1. The van der Waals surface area contributed by atoms with Crippen molar-refractivity contribution >= 4 is 11.7 Å². The summed E-state index contributed by atoms with van der Waals surface area (Å²) in [5, 5.41) is 2.85. The summed E-state index contributed by atoms with van der Waals surface area (Å²) in [6, 6.07) is 12.5. The third kappa shape index (κ3) is 5.30. The molecule has 0 unspecified atom stereocenters. The zero-order valence-electron chi connectivity index (χ0n) is 17.2. The standard InChI is InChI=1S/C22H31N3O2/c1-15(2)23-22(27)14-24(6)13-21(26)20-12-16(3)25(18(20)5)17(4)19-10-8-7-9-11-19/h7-12,15,17H,13-14H2,1-6H3,(H,23,27)/t17-/m0/s1. The van der Waals surface area contributed by atoms with E-state index in [2.05, 4.69) is 28.9 Å². The Morgan fingerprint density at radius 2 is 1.70 bits per heavy atom. The van der Waals surface area contributed by atoms with E-state index >= 15 is 0 Å². The zero-order valence-corrected chi connectivity index (χ0v) is 17.2. The Bertz CT molecular complexity index is 793. The Hall–Kier alpha value is -2.40. The molecule has 5 heteroatoms. The van der Waals surface area contributed by atoms with Crippen molar-refractivity contribution in [3.63, 3.8) is 0 Å². The molecule has 0 radical (unpaired) electrons. The molecule has 0 aliphatic heterocycles. The average Bonchev–Trinajstić information content (AvgIpc) is 2.88. The predicted octanol–water partition coefficient (Wildman–Crippen LogP) is 3.35. The van der Waals surface area contributed by atoms with Crippen molar-refractivity contribution in [2.24, 2.45) is 0 Å². The van der Waals surface area contributed by atoms with Crippen LogP contribution in [0.3, 0.4) is 0 Å². The number of amides is 1. The Labute approximate surface area is 162 Å². The van der Waals surface area contributed by atoms with Crippen LogP contribution in [0.15, 0.2) is 36.4 Å². The van der Waals surface area contributed by atoms with E-state index in [9.17, 15) is 9.59 Å². The second-order valence-corrected chi connectivity index (χ2v) is 7.56. The summed E-state index contributed by atoms with van der Waals surface area (Å²) in [5.74, 6) is -0.0297. The Morgan fingerprint density at radius 1 is 1.07 bits per heavy atom. The lowest BCUT2D eigenvalue weighted by atomic mass is 10.1. The SMILES string of the molecule is Cc1cc(C(=O)CN(C)CC(=O)NC(C)C)c(C)n1[C@@H](C)c1ccccc1. The highest BCUT2D eigenvalue weighted by atomic mass is 16.2. The lowest BCUT2D eigenvalue weighted by Crippen LogP contribution is -2.40. The van der Waals surface area contributed by atoms with Crippen LogP contribution in [0, 0.1) is 13.8 Å². The minimum atomic E-state index is -0.0662. The number of carbonyl (C=O) groups is 2. The number of ketones is 1. The van der Waals surface area contributed by atoms with Crippen molar-refractivity contribution in [2.75, 3.05) is 20.1 Å². The third-order valence-electron chi connectivity index (χ3n) is 4.73. The summed E-state index contributed by atoms with van der Waals surface area (Å²) in [6.07, 6.45) is 0. The number of nitrogens with zero attached hydrogens (tertiary/aromatic N) is 2. The number of benzene rings is 1. The molecule has 1 aromatic carbocycles. The van der Waals surface area contributed by atoms with Crippen molar-refractivity contribution in [3.05, 3.63) is 58.9 Å². The molecular weight excluding hydrogens is 338 g/mol. The second kappa shape index (κ2) is 9.00. The predicted molar refractivity (Wildman–Crippen MR) is 109 cm³/mol. The van der Waals surface area contributed by atoms with Gasteiger partial charge in [0.1, 0.15) is 0 Å². The van der Waals surface area contributed by atoms with Gasteiger partial charge in [0.25, 0.3) is 0 Å². The number of carbonyl (C=O) groups excluding carboxylic acids is 2. The molecule has 5 nitrogen and oxygen atoms in total. The third-order valence-corrected chi connectivity index (χ3v) is 4.73. The van der Waals surface area contributed by atoms with Gasteiger partial charge >= 0.3 is 0 Å². The molecule has 2 aromatic rings. The summed E-state index contributed by atoms with van der Waals surface area (Å²) in [5.41, 5.74) is 3.97. The topological polar surface area (TPSA) is 54.3 Å². The maximum absolute atomic E-state index is 12.8. The first-order valence-electron chi connectivity index (χ1n) is 9.45. The molecule has 0 bridgehead atoms. The molecule has 0 aliphatic carbocycles. The number of hydrogen-bond acceptors (Lipinski definition) is 3. The molecule has 1 amide bonds. The lowest BCUT2D eigenvalue weighted by Gasteiger charge is -2.19. The van der Waals surface area contributed by atoms with E-state index in [0.29, 0.717) is 0 Å². The van der Waals surface area contributed by atoms with Gasteiger partial charge < -0.3 is 9.88 Å². The summed E-state index contributed by atoms with van der Waals surface area (Å²) in [6.45, 7) is 10.4. The van der Waals surface area contributed by atoms with Crippen LogP contribution in [0.1, 0.15) is 54.1 Å². The number of aryl methyl sites for hydroxylation is 1. The fourth-order valence-corrected chi connectivity index (χ4v) is 3.53. The van der Waals surface area contributed by atoms with Gasteiger partial charge in [-0.15, -0.1) is 0 Å². The quantitative estimate of drug-likeness (QED) is 0.726. The van der Waals surface area contributed by atoms with Crippen LogP contribution in [-0.2, 0) is 4.79 Å². The number of hydrogen-bond donors (Lipinski definition) is 1. The van der Waals surface area contributed by atoms with Crippen LogP contribution in [0.25, 0.3) is 0 Å². The molecule has 0 saturated carbocycles. The minimum Gasteiger partial charge on any atom is -0.353 e. The van der Waals surface area contributed by atoms with E-state index in [1.54, 1.807) is 11.9 Å². The largest absolute Gasteiger partial charge is 0.353 e. The smallest absolute Gasteiger partial charge is 0.234 e. The maximum atomic E-state index is 12.8. The van der Waals surface area contributed by atoms with Crippen LogP contribution in [-0.4, -0.2) is 47.3 Å². The summed E-state index contributed by atoms with van der Waals surface area (Å²) < 4.78 is 2.20. The van der Waals surface area contributed by atoms with Crippen LogP contribution >= 0.6 is 0 Å². The van der Waals surface area contributed by atoms with Gasteiger partial charge in [-0.1, -0.05) is 30.3 Å². The van der Waals surface area contributed by atoms with Crippen molar-refractivity contribution < 1.29 is 9.59 Å². The van der Waals surface area contributed by atoms with E-state index in [4.69, 9.17) is 0 Å². The van der Waals surface area contributed by atoms with Crippen molar-refractivity contribution in [1.82, 2.24) is 14.8 Å². The van der Waals surface area contributed by atoms with Crippen LogP contribution in [0.5, 0.6) is 0 Å². The van der Waals surface area contributed by atoms with E-state index in [1.807, 2.05) is 52.0 Å². The van der Waals surface area contributed by atoms with Crippen molar-refractivity contribution in [2.45, 2.75) is 46.7 Å². The first kappa shape index (κ1) is 20.9. The van der Waals surface area contributed by atoms with Crippen molar-refractivity contribution in [1.29, 1.82) is 0 Å².